The van der Waals surface area contributed by atoms with Gasteiger partial charge in [0.15, 0.2) is 11.4 Å². The number of hydrogen-bond acceptors (Lipinski definition) is 6. The molecule has 0 bridgehead atoms. The highest BCUT2D eigenvalue weighted by molar-refractivity contribution is 7.74. The second-order valence-electron chi connectivity index (χ2n) is 8.83. The van der Waals surface area contributed by atoms with Crippen LogP contribution in [0.4, 0.5) is 17.6 Å². The number of alkyl halides is 3. The summed E-state index contributed by atoms with van der Waals surface area (Å²) in [6.45, 7) is 2.50. The van der Waals surface area contributed by atoms with Crippen molar-refractivity contribution >= 4 is 17.3 Å². The number of halogens is 4. The average Bonchev–Trinajstić information content (AvgIpc) is 3.21. The molecule has 1 aliphatic rings. The van der Waals surface area contributed by atoms with Crippen LogP contribution in [0.15, 0.2) is 24.3 Å². The van der Waals surface area contributed by atoms with Gasteiger partial charge in [-0.05, 0) is 44.4 Å². The third-order valence-electron chi connectivity index (χ3n) is 6.13. The molecule has 13 heteroatoms. The Labute approximate surface area is 202 Å². The number of hydrogen-bond donors (Lipinski definition) is 2. The number of nitrogens with zero attached hydrogens (tertiary/aromatic N) is 2. The first-order chi connectivity index (χ1) is 16.3. The van der Waals surface area contributed by atoms with Gasteiger partial charge in [-0.25, -0.2) is 8.60 Å². The Bertz CT molecular complexity index is 1080. The molecule has 194 valence electrons. The summed E-state index contributed by atoms with van der Waals surface area (Å²) in [5, 5.41) is 6.39. The van der Waals surface area contributed by atoms with E-state index in [0.29, 0.717) is 12.8 Å². The lowest BCUT2D eigenvalue weighted by Crippen LogP contribution is -2.38. The highest BCUT2D eigenvalue weighted by Crippen LogP contribution is 2.33. The van der Waals surface area contributed by atoms with E-state index in [4.69, 9.17) is 5.73 Å². The number of carbonyl (C=O) groups is 1. The Kier molecular flexibility index (Phi) is 8.35. The van der Waals surface area contributed by atoms with Gasteiger partial charge in [-0.15, -0.1) is 0 Å². The van der Waals surface area contributed by atoms with Crippen LogP contribution in [-0.2, 0) is 38.8 Å². The number of aromatic nitrogens is 2. The molecule has 1 heterocycles. The van der Waals surface area contributed by atoms with E-state index in [2.05, 4.69) is 14.6 Å². The number of nitrogens with one attached hydrogen (secondary N) is 1. The number of benzene rings is 1. The molecule has 0 aliphatic heterocycles. The first-order valence-corrected chi connectivity index (χ1v) is 12.1. The lowest BCUT2D eigenvalue weighted by Gasteiger charge is -2.26. The molecule has 8 nitrogen and oxygen atoms in total. The van der Waals surface area contributed by atoms with Crippen molar-refractivity contribution < 1.29 is 35.3 Å². The predicted octanol–water partition coefficient (Wildman–Crippen LogP) is 3.91. The zero-order chi connectivity index (χ0) is 26.0. The second kappa shape index (κ2) is 10.7. The van der Waals surface area contributed by atoms with Crippen molar-refractivity contribution in [2.75, 3.05) is 0 Å². The Morgan fingerprint density at radius 1 is 1.31 bits per heavy atom. The molecule has 0 spiro atoms. The molecule has 1 aromatic carbocycles. The smallest absolute Gasteiger partial charge is 0.435 e. The van der Waals surface area contributed by atoms with Crippen LogP contribution in [0.1, 0.15) is 80.4 Å². The van der Waals surface area contributed by atoms with Gasteiger partial charge in [0.25, 0.3) is 0 Å². The first kappa shape index (κ1) is 27.2. The highest BCUT2D eigenvalue weighted by Gasteiger charge is 2.36. The van der Waals surface area contributed by atoms with Crippen LogP contribution < -0.4 is 11.1 Å². The minimum absolute atomic E-state index is 0.165. The van der Waals surface area contributed by atoms with Crippen molar-refractivity contribution in [2.45, 2.75) is 76.4 Å². The largest absolute Gasteiger partial charge is 0.750 e. The second-order valence-corrected chi connectivity index (χ2v) is 9.40. The van der Waals surface area contributed by atoms with Crippen LogP contribution >= 0.6 is 0 Å². The molecule has 0 saturated heterocycles. The molecule has 1 aliphatic carbocycles. The monoisotopic (exact) mass is 519 g/mol. The third-order valence-corrected chi connectivity index (χ3v) is 6.61. The lowest BCUT2D eigenvalue weighted by atomic mass is 9.95. The van der Waals surface area contributed by atoms with Crippen molar-refractivity contribution in [1.82, 2.24) is 15.1 Å². The molecule has 3 N–H and O–H groups in total. The zero-order valence-corrected chi connectivity index (χ0v) is 20.0. The third kappa shape index (κ3) is 6.66. The van der Waals surface area contributed by atoms with Gasteiger partial charge in [-0.2, -0.15) is 18.3 Å². The molecular weight excluding hydrogens is 492 g/mol. The number of amides is 1. The van der Waals surface area contributed by atoms with Crippen molar-refractivity contribution in [2.24, 2.45) is 5.73 Å². The van der Waals surface area contributed by atoms with Crippen molar-refractivity contribution in [3.8, 4) is 0 Å². The maximum Gasteiger partial charge on any atom is 0.435 e. The fourth-order valence-electron chi connectivity index (χ4n) is 4.22. The molecule has 3 unspecified atom stereocenters. The van der Waals surface area contributed by atoms with E-state index in [1.807, 2.05) is 0 Å². The summed E-state index contributed by atoms with van der Waals surface area (Å²) >= 11 is -2.98. The van der Waals surface area contributed by atoms with Crippen LogP contribution in [-0.4, -0.2) is 24.4 Å². The summed E-state index contributed by atoms with van der Waals surface area (Å²) in [7, 11) is 0. The zero-order valence-electron chi connectivity index (χ0n) is 19.2. The molecule has 1 saturated carbocycles. The van der Waals surface area contributed by atoms with Crippen molar-refractivity contribution in [3.05, 3.63) is 52.6 Å². The quantitative estimate of drug-likeness (QED) is 0.310. The summed E-state index contributed by atoms with van der Waals surface area (Å²) < 4.78 is 81.9. The molecule has 3 rings (SSSR count). The Morgan fingerprint density at radius 2 is 1.97 bits per heavy atom. The average molecular weight is 520 g/mol. The van der Waals surface area contributed by atoms with Gasteiger partial charge in [0.05, 0.1) is 35.6 Å². The lowest BCUT2D eigenvalue weighted by molar-refractivity contribution is -0.141. The van der Waals surface area contributed by atoms with Crippen LogP contribution in [0.2, 0.25) is 0 Å². The topological polar surface area (TPSA) is 122 Å². The van der Waals surface area contributed by atoms with E-state index in [1.165, 1.54) is 30.7 Å². The maximum absolute atomic E-state index is 14.6. The van der Waals surface area contributed by atoms with Gasteiger partial charge >= 0.3 is 6.18 Å². The minimum atomic E-state index is -4.61. The number of rotatable bonds is 8. The van der Waals surface area contributed by atoms with Gasteiger partial charge in [0.2, 0.25) is 5.91 Å². The molecule has 35 heavy (non-hydrogen) atoms. The van der Waals surface area contributed by atoms with E-state index in [0.717, 1.165) is 31.4 Å². The van der Waals surface area contributed by atoms with Crippen LogP contribution in [0.3, 0.4) is 0 Å². The van der Waals surface area contributed by atoms with Crippen molar-refractivity contribution in [1.29, 1.82) is 0 Å². The highest BCUT2D eigenvalue weighted by atomic mass is 32.2. The first-order valence-electron chi connectivity index (χ1n) is 11.1. The van der Waals surface area contributed by atoms with E-state index >= 15 is 0 Å². The summed E-state index contributed by atoms with van der Waals surface area (Å²) in [6.07, 6.45) is -0.364. The Morgan fingerprint density at radius 3 is 2.54 bits per heavy atom. The van der Waals surface area contributed by atoms with Crippen LogP contribution in [0.5, 0.6) is 0 Å². The summed E-state index contributed by atoms with van der Waals surface area (Å²) in [5.74, 6) is -2.26. The van der Waals surface area contributed by atoms with Crippen LogP contribution in [0.25, 0.3) is 0 Å². The van der Waals surface area contributed by atoms with Gasteiger partial charge in [-0.1, -0.05) is 31.4 Å². The summed E-state index contributed by atoms with van der Waals surface area (Å²) in [6, 6.07) is 4.43. The fraction of sp³-hybridized carbons (Fsp3) is 0.545. The van der Waals surface area contributed by atoms with Crippen molar-refractivity contribution in [3.63, 3.8) is 0 Å². The summed E-state index contributed by atoms with van der Waals surface area (Å²) in [5.41, 5.74) is 3.04. The molecule has 0 radical (unpaired) electrons. The standard InChI is InChI=1S/C22H28F4N4O4S/c1-13(14-8-9-17(18(23)10-14)21(2,27)34-35(32)33)20(31)28-12-16-11-19(22(24,25)26)29-30(16)15-6-4-3-5-7-15/h8-11,13,15H,3-7,12,27H2,1-2H3,(H,28,31)(H,32,33)/p-1. The summed E-state index contributed by atoms with van der Waals surface area (Å²) in [4.78, 5) is 12.7. The fourth-order valence-corrected chi connectivity index (χ4v) is 4.59. The molecule has 2 aromatic rings. The van der Waals surface area contributed by atoms with Gasteiger partial charge < -0.3 is 9.87 Å². The molecule has 1 aromatic heterocycles. The minimum Gasteiger partial charge on any atom is -0.750 e. The molecular formula is C22H27F4N4O4S-. The van der Waals surface area contributed by atoms with Crippen LogP contribution in [0, 0.1) is 5.82 Å². The van der Waals surface area contributed by atoms with Gasteiger partial charge in [0, 0.05) is 5.56 Å². The number of nitrogens with two attached hydrogens (primary N) is 1. The van der Waals surface area contributed by atoms with E-state index in [9.17, 15) is 31.1 Å². The van der Waals surface area contributed by atoms with Gasteiger partial charge in [0.1, 0.15) is 5.82 Å². The van der Waals surface area contributed by atoms with E-state index < -0.39 is 46.6 Å². The van der Waals surface area contributed by atoms with E-state index in [-0.39, 0.29) is 29.4 Å². The molecule has 1 amide bonds. The predicted molar refractivity (Wildman–Crippen MR) is 118 cm³/mol. The van der Waals surface area contributed by atoms with Gasteiger partial charge in [-0.3, -0.25) is 19.4 Å². The maximum atomic E-state index is 14.6. The van der Waals surface area contributed by atoms with E-state index in [1.54, 1.807) is 0 Å². The molecule has 3 atom stereocenters. The Hall–Kier alpha value is -2.35. The number of carbonyl (C=O) groups excluding carboxylic acids is 1. The molecule has 1 fully saturated rings. The Balaban J connectivity index is 1.74. The normalized spacial score (nSPS) is 18.6. The SMILES string of the molecule is CC(C(=O)NCc1cc(C(F)(F)F)nn1C1CCCCC1)c1ccc(C(C)(N)OS(=O)[O-])c(F)c1.